The van der Waals surface area contributed by atoms with Crippen molar-refractivity contribution in [2.45, 2.75) is 6.92 Å². The van der Waals surface area contributed by atoms with Crippen LogP contribution in [0.4, 0.5) is 20.3 Å². The minimum atomic E-state index is -0.946. The van der Waals surface area contributed by atoms with Gasteiger partial charge in [0.2, 0.25) is 0 Å². The van der Waals surface area contributed by atoms with Gasteiger partial charge in [0.1, 0.15) is 11.6 Å². The number of aromatic nitrogens is 4. The Labute approximate surface area is 153 Å². The van der Waals surface area contributed by atoms with Crippen molar-refractivity contribution in [1.82, 2.24) is 20.2 Å². The van der Waals surface area contributed by atoms with Gasteiger partial charge in [-0.2, -0.15) is 5.10 Å². The number of ether oxygens (including phenoxy) is 1. The fourth-order valence-corrected chi connectivity index (χ4v) is 2.71. The van der Waals surface area contributed by atoms with Crippen LogP contribution in [0.15, 0.2) is 42.7 Å². The topological polar surface area (TPSA) is 75.7 Å². The summed E-state index contributed by atoms with van der Waals surface area (Å²) in [5, 5.41) is 11.0. The van der Waals surface area contributed by atoms with Crippen LogP contribution < -0.4 is 10.1 Å². The molecule has 8 heteroatoms. The average Bonchev–Trinajstić information content (AvgIpc) is 3.12. The van der Waals surface area contributed by atoms with Gasteiger partial charge in [-0.15, -0.1) is 0 Å². The highest BCUT2D eigenvalue weighted by molar-refractivity contribution is 5.86. The molecule has 4 rings (SSSR count). The molecule has 0 aliphatic carbocycles. The van der Waals surface area contributed by atoms with Gasteiger partial charge in [0, 0.05) is 28.8 Å². The largest absolute Gasteiger partial charge is 0.494 e. The van der Waals surface area contributed by atoms with Gasteiger partial charge in [-0.1, -0.05) is 0 Å². The maximum absolute atomic E-state index is 13.5. The van der Waals surface area contributed by atoms with Crippen molar-refractivity contribution in [2.24, 2.45) is 0 Å². The summed E-state index contributed by atoms with van der Waals surface area (Å²) in [7, 11) is 1.57. The van der Waals surface area contributed by atoms with Crippen molar-refractivity contribution in [3.63, 3.8) is 0 Å². The minimum Gasteiger partial charge on any atom is -0.494 e. The number of anilines is 2. The van der Waals surface area contributed by atoms with Crippen LogP contribution in [0.25, 0.3) is 22.3 Å². The number of benzene rings is 2. The lowest BCUT2D eigenvalue weighted by Crippen LogP contribution is -2.02. The smallest absolute Gasteiger partial charge is 0.161 e. The molecule has 2 aromatic heterocycles. The first-order valence-corrected chi connectivity index (χ1v) is 8.12. The summed E-state index contributed by atoms with van der Waals surface area (Å²) in [5.41, 5.74) is 2.72. The van der Waals surface area contributed by atoms with E-state index in [0.717, 1.165) is 28.6 Å². The summed E-state index contributed by atoms with van der Waals surface area (Å²) < 4.78 is 32.2. The highest BCUT2D eigenvalue weighted by Crippen LogP contribution is 2.32. The summed E-state index contributed by atoms with van der Waals surface area (Å²) in [6, 6.07) is 7.28. The van der Waals surface area contributed by atoms with Crippen molar-refractivity contribution in [1.29, 1.82) is 0 Å². The number of fused-ring (bicyclic) bond motifs is 1. The van der Waals surface area contributed by atoms with Gasteiger partial charge in [0.05, 0.1) is 24.5 Å². The van der Waals surface area contributed by atoms with Crippen molar-refractivity contribution >= 4 is 22.4 Å². The van der Waals surface area contributed by atoms with E-state index in [1.807, 2.05) is 19.1 Å². The molecule has 0 spiro atoms. The number of hydrogen-bond acceptors (Lipinski definition) is 5. The molecule has 0 aliphatic heterocycles. The Morgan fingerprint density at radius 2 is 1.93 bits per heavy atom. The molecule has 136 valence electrons. The maximum Gasteiger partial charge on any atom is 0.161 e. The van der Waals surface area contributed by atoms with E-state index < -0.39 is 11.6 Å². The van der Waals surface area contributed by atoms with Crippen molar-refractivity contribution in [3.8, 4) is 17.1 Å². The van der Waals surface area contributed by atoms with Gasteiger partial charge in [-0.05, 0) is 31.2 Å². The Hall–Kier alpha value is -3.55. The van der Waals surface area contributed by atoms with E-state index in [9.17, 15) is 8.78 Å². The molecule has 4 aromatic rings. The molecular formula is C19H15F2N5O. The fourth-order valence-electron chi connectivity index (χ4n) is 2.71. The van der Waals surface area contributed by atoms with Crippen molar-refractivity contribution in [2.75, 3.05) is 12.4 Å². The third kappa shape index (κ3) is 3.17. The molecule has 2 aromatic carbocycles. The van der Waals surface area contributed by atoms with E-state index in [-0.39, 0.29) is 5.82 Å². The second-order valence-electron chi connectivity index (χ2n) is 5.99. The number of nitrogens with one attached hydrogen (secondary N) is 2. The monoisotopic (exact) mass is 367 g/mol. The van der Waals surface area contributed by atoms with Crippen LogP contribution in [0.2, 0.25) is 0 Å². The highest BCUT2D eigenvalue weighted by Gasteiger charge is 2.12. The molecule has 0 atom stereocenters. The number of aryl methyl sites for hydroxylation is 1. The van der Waals surface area contributed by atoms with Gasteiger partial charge in [0.25, 0.3) is 0 Å². The zero-order valence-corrected chi connectivity index (χ0v) is 14.5. The lowest BCUT2D eigenvalue weighted by Gasteiger charge is -2.13. The summed E-state index contributed by atoms with van der Waals surface area (Å²) in [6.45, 7) is 1.85. The van der Waals surface area contributed by atoms with E-state index >= 15 is 0 Å². The molecule has 6 nitrogen and oxygen atoms in total. The zero-order valence-electron chi connectivity index (χ0n) is 14.5. The first-order valence-electron chi connectivity index (χ1n) is 8.12. The number of rotatable bonds is 4. The SMILES string of the molecule is COc1cc2[nH]ncc2cc1Nc1nc(-c2ccc(F)c(F)c2)ncc1C. The molecule has 0 radical (unpaired) electrons. The third-order valence-corrected chi connectivity index (χ3v) is 4.16. The third-order valence-electron chi connectivity index (χ3n) is 4.16. The minimum absolute atomic E-state index is 0.283. The normalized spacial score (nSPS) is 11.0. The number of aromatic amines is 1. The quantitative estimate of drug-likeness (QED) is 0.561. The molecular weight excluding hydrogens is 352 g/mol. The molecule has 27 heavy (non-hydrogen) atoms. The summed E-state index contributed by atoms with van der Waals surface area (Å²) in [6.07, 6.45) is 3.33. The fraction of sp³-hybridized carbons (Fsp3) is 0.105. The summed E-state index contributed by atoms with van der Waals surface area (Å²) >= 11 is 0. The number of methoxy groups -OCH3 is 1. The van der Waals surface area contributed by atoms with Crippen LogP contribution in [0.5, 0.6) is 5.75 Å². The molecule has 2 N–H and O–H groups in total. The van der Waals surface area contributed by atoms with Crippen LogP contribution in [0.1, 0.15) is 5.56 Å². The summed E-state index contributed by atoms with van der Waals surface area (Å²) in [4.78, 5) is 8.68. The van der Waals surface area contributed by atoms with E-state index in [1.165, 1.54) is 6.07 Å². The predicted molar refractivity (Wildman–Crippen MR) is 98.0 cm³/mol. The summed E-state index contributed by atoms with van der Waals surface area (Å²) in [5.74, 6) is -0.434. The molecule has 0 saturated carbocycles. The first-order chi connectivity index (χ1) is 13.0. The standard InChI is InChI=1S/C19H15F2N5O/c1-10-8-22-19(11-3-4-13(20)14(21)5-11)25-18(10)24-16-6-12-9-23-26-15(12)7-17(16)27-2/h3-9H,1-2H3,(H,23,26)(H,22,24,25). The molecule has 0 fully saturated rings. The van der Waals surface area contributed by atoms with Gasteiger partial charge in [0.15, 0.2) is 17.5 Å². The number of nitrogens with zero attached hydrogens (tertiary/aromatic N) is 3. The Morgan fingerprint density at radius 1 is 1.07 bits per heavy atom. The second kappa shape index (κ2) is 6.64. The Balaban J connectivity index is 1.75. The Bertz CT molecular complexity index is 1140. The lowest BCUT2D eigenvalue weighted by molar-refractivity contribution is 0.417. The molecule has 0 unspecified atom stereocenters. The van der Waals surface area contributed by atoms with Crippen molar-refractivity contribution < 1.29 is 13.5 Å². The van der Waals surface area contributed by atoms with E-state index in [4.69, 9.17) is 4.74 Å². The highest BCUT2D eigenvalue weighted by atomic mass is 19.2. The molecule has 0 amide bonds. The zero-order chi connectivity index (χ0) is 19.0. The maximum atomic E-state index is 13.5. The Kier molecular flexibility index (Phi) is 4.15. The van der Waals surface area contributed by atoms with Gasteiger partial charge < -0.3 is 10.1 Å². The predicted octanol–water partition coefficient (Wildman–Crippen LogP) is 4.36. The lowest BCUT2D eigenvalue weighted by atomic mass is 10.2. The van der Waals surface area contributed by atoms with E-state index in [1.54, 1.807) is 19.5 Å². The molecule has 0 bridgehead atoms. The van der Waals surface area contributed by atoms with Crippen LogP contribution in [-0.2, 0) is 0 Å². The Morgan fingerprint density at radius 3 is 2.70 bits per heavy atom. The van der Waals surface area contributed by atoms with Gasteiger partial charge in [-0.3, -0.25) is 5.10 Å². The van der Waals surface area contributed by atoms with Gasteiger partial charge >= 0.3 is 0 Å². The average molecular weight is 367 g/mol. The number of halogens is 2. The van der Waals surface area contributed by atoms with E-state index in [0.29, 0.717) is 22.8 Å². The van der Waals surface area contributed by atoms with Crippen LogP contribution in [0.3, 0.4) is 0 Å². The van der Waals surface area contributed by atoms with Crippen LogP contribution in [0, 0.1) is 18.6 Å². The van der Waals surface area contributed by atoms with Crippen molar-refractivity contribution in [3.05, 3.63) is 59.9 Å². The molecule has 0 aliphatic rings. The van der Waals surface area contributed by atoms with Gasteiger partial charge in [-0.25, -0.2) is 18.7 Å². The number of hydrogen-bond donors (Lipinski definition) is 2. The molecule has 2 heterocycles. The van der Waals surface area contributed by atoms with Crippen LogP contribution in [-0.4, -0.2) is 27.3 Å². The molecule has 0 saturated heterocycles. The first kappa shape index (κ1) is 16.9. The van der Waals surface area contributed by atoms with E-state index in [2.05, 4.69) is 25.5 Å². The number of H-pyrrole nitrogens is 1. The van der Waals surface area contributed by atoms with Crippen LogP contribution >= 0.6 is 0 Å². The second-order valence-corrected chi connectivity index (χ2v) is 5.99.